The fourth-order valence-corrected chi connectivity index (χ4v) is 3.16. The number of carbonyl (C=O) groups is 2. The van der Waals surface area contributed by atoms with Gasteiger partial charge in [0, 0.05) is 25.3 Å². The van der Waals surface area contributed by atoms with Crippen LogP contribution in [0.1, 0.15) is 20.3 Å². The molecule has 2 atom stereocenters. The first-order valence-electron chi connectivity index (χ1n) is 7.39. The van der Waals surface area contributed by atoms with Gasteiger partial charge in [0.1, 0.15) is 6.04 Å². The van der Waals surface area contributed by atoms with Gasteiger partial charge in [-0.1, -0.05) is 13.8 Å². The van der Waals surface area contributed by atoms with E-state index in [0.717, 1.165) is 10.8 Å². The van der Waals surface area contributed by atoms with E-state index in [1.165, 1.54) is 7.11 Å². The zero-order valence-corrected chi connectivity index (χ0v) is 14.5. The van der Waals surface area contributed by atoms with Crippen molar-refractivity contribution in [3.05, 3.63) is 0 Å². The molecule has 126 valence electrons. The maximum Gasteiger partial charge on any atom is 0.328 e. The molecule has 0 fully saturated rings. The summed E-state index contributed by atoms with van der Waals surface area (Å²) < 4.78 is 4.67. The van der Waals surface area contributed by atoms with Crippen LogP contribution in [0.4, 0.5) is 4.79 Å². The standard InChI is InChI=1S/C14H26N4O3S/c1-9(2)12-16-10(8-22-12)7-18(3)14(20)17-11(5-6-15)13(19)21-4/h9-11H,5-8,15H2,1-4H3,(H,17,20)/t10?,11-/m0/s1. The van der Waals surface area contributed by atoms with Crippen molar-refractivity contribution in [3.63, 3.8) is 0 Å². The van der Waals surface area contributed by atoms with Crippen LogP contribution in [0, 0.1) is 5.92 Å². The van der Waals surface area contributed by atoms with E-state index in [2.05, 4.69) is 28.9 Å². The lowest BCUT2D eigenvalue weighted by Crippen LogP contribution is -2.49. The third kappa shape index (κ3) is 5.49. The van der Waals surface area contributed by atoms with Crippen LogP contribution >= 0.6 is 11.8 Å². The van der Waals surface area contributed by atoms with E-state index in [4.69, 9.17) is 5.73 Å². The molecular formula is C14H26N4O3S. The maximum absolute atomic E-state index is 12.2. The number of aliphatic imine (C=N–C) groups is 1. The fraction of sp³-hybridized carbons (Fsp3) is 0.786. The highest BCUT2D eigenvalue weighted by Gasteiger charge is 2.26. The van der Waals surface area contributed by atoms with Gasteiger partial charge in [0.2, 0.25) is 0 Å². The van der Waals surface area contributed by atoms with Crippen LogP contribution in [0.2, 0.25) is 0 Å². The second kappa shape index (κ2) is 8.99. The molecule has 2 amide bonds. The number of urea groups is 1. The number of thioether (sulfide) groups is 1. The summed E-state index contributed by atoms with van der Waals surface area (Å²) in [5, 5.41) is 3.79. The molecule has 1 rings (SSSR count). The Hall–Kier alpha value is -1.28. The number of carbonyl (C=O) groups excluding carboxylic acids is 2. The molecule has 0 saturated heterocycles. The molecule has 0 spiro atoms. The lowest BCUT2D eigenvalue weighted by molar-refractivity contribution is -0.143. The van der Waals surface area contributed by atoms with Crippen molar-refractivity contribution < 1.29 is 14.3 Å². The number of likely N-dealkylation sites (N-methyl/N-ethyl adjacent to an activating group) is 1. The Bertz CT molecular complexity index is 428. The van der Waals surface area contributed by atoms with Crippen LogP contribution in [0.15, 0.2) is 4.99 Å². The van der Waals surface area contributed by atoms with Crippen molar-refractivity contribution >= 4 is 28.8 Å². The Labute approximate surface area is 136 Å². The lowest BCUT2D eigenvalue weighted by atomic mass is 10.2. The molecule has 0 aromatic rings. The third-order valence-electron chi connectivity index (χ3n) is 3.30. The first-order chi connectivity index (χ1) is 10.4. The highest BCUT2D eigenvalue weighted by Crippen LogP contribution is 2.23. The number of nitrogens with two attached hydrogens (primary N) is 1. The zero-order chi connectivity index (χ0) is 16.7. The summed E-state index contributed by atoms with van der Waals surface area (Å²) in [5.41, 5.74) is 5.46. The molecule has 0 bridgehead atoms. The number of esters is 1. The van der Waals surface area contributed by atoms with Crippen molar-refractivity contribution in [2.24, 2.45) is 16.6 Å². The number of hydrogen-bond acceptors (Lipinski definition) is 6. The Morgan fingerprint density at radius 1 is 1.55 bits per heavy atom. The van der Waals surface area contributed by atoms with Gasteiger partial charge < -0.3 is 20.7 Å². The van der Waals surface area contributed by atoms with Crippen LogP contribution in [0.3, 0.4) is 0 Å². The summed E-state index contributed by atoms with van der Waals surface area (Å²) in [7, 11) is 2.99. The first kappa shape index (κ1) is 18.8. The molecule has 0 aromatic carbocycles. The molecule has 1 heterocycles. The van der Waals surface area contributed by atoms with Gasteiger partial charge in [-0.3, -0.25) is 4.99 Å². The molecular weight excluding hydrogens is 304 g/mol. The fourth-order valence-electron chi connectivity index (χ4n) is 2.06. The lowest BCUT2D eigenvalue weighted by Gasteiger charge is -2.23. The van der Waals surface area contributed by atoms with E-state index < -0.39 is 12.0 Å². The number of methoxy groups -OCH3 is 1. The van der Waals surface area contributed by atoms with Crippen molar-refractivity contribution in [2.45, 2.75) is 32.4 Å². The minimum absolute atomic E-state index is 0.101. The largest absolute Gasteiger partial charge is 0.467 e. The summed E-state index contributed by atoms with van der Waals surface area (Å²) in [6, 6.07) is -0.927. The van der Waals surface area contributed by atoms with Gasteiger partial charge in [0.05, 0.1) is 18.2 Å². The molecule has 8 heteroatoms. The molecule has 22 heavy (non-hydrogen) atoms. The number of nitrogens with zero attached hydrogens (tertiary/aromatic N) is 2. The normalized spacial score (nSPS) is 18.8. The molecule has 0 aromatic heterocycles. The Morgan fingerprint density at radius 2 is 2.23 bits per heavy atom. The van der Waals surface area contributed by atoms with Gasteiger partial charge in [-0.05, 0) is 13.0 Å². The smallest absolute Gasteiger partial charge is 0.328 e. The van der Waals surface area contributed by atoms with Gasteiger partial charge >= 0.3 is 12.0 Å². The average Bonchev–Trinajstić information content (AvgIpc) is 2.94. The van der Waals surface area contributed by atoms with E-state index in [-0.39, 0.29) is 12.1 Å². The minimum atomic E-state index is -0.711. The molecule has 1 aliphatic heterocycles. The summed E-state index contributed by atoms with van der Waals surface area (Å²) in [5.74, 6) is 0.820. The van der Waals surface area contributed by atoms with Crippen LogP contribution in [0.25, 0.3) is 0 Å². The maximum atomic E-state index is 12.2. The highest BCUT2D eigenvalue weighted by molar-refractivity contribution is 8.14. The molecule has 3 N–H and O–H groups in total. The summed E-state index contributed by atoms with van der Waals surface area (Å²) in [6.45, 7) is 5.04. The van der Waals surface area contributed by atoms with E-state index in [1.54, 1.807) is 23.7 Å². The van der Waals surface area contributed by atoms with Gasteiger partial charge in [0.15, 0.2) is 0 Å². The monoisotopic (exact) mass is 330 g/mol. The Kier molecular flexibility index (Phi) is 7.67. The Morgan fingerprint density at radius 3 is 2.73 bits per heavy atom. The molecule has 1 aliphatic rings. The van der Waals surface area contributed by atoms with E-state index in [1.807, 2.05) is 0 Å². The number of amides is 2. The first-order valence-corrected chi connectivity index (χ1v) is 8.37. The van der Waals surface area contributed by atoms with E-state index >= 15 is 0 Å². The quantitative estimate of drug-likeness (QED) is 0.669. The topological polar surface area (TPSA) is 97.0 Å². The Balaban J connectivity index is 2.52. The number of hydrogen-bond donors (Lipinski definition) is 2. The number of ether oxygens (including phenoxy) is 1. The van der Waals surface area contributed by atoms with Gasteiger partial charge in [-0.15, -0.1) is 11.8 Å². The number of nitrogens with one attached hydrogen (secondary N) is 1. The van der Waals surface area contributed by atoms with Gasteiger partial charge in [0.25, 0.3) is 0 Å². The van der Waals surface area contributed by atoms with E-state index in [9.17, 15) is 9.59 Å². The SMILES string of the molecule is COC(=O)[C@H](CCN)NC(=O)N(C)CC1CSC(C(C)C)=N1. The summed E-state index contributed by atoms with van der Waals surface area (Å²) in [6.07, 6.45) is 0.348. The highest BCUT2D eigenvalue weighted by atomic mass is 32.2. The van der Waals surface area contributed by atoms with Crippen LogP contribution in [-0.4, -0.2) is 67.0 Å². The van der Waals surface area contributed by atoms with Crippen molar-refractivity contribution in [1.82, 2.24) is 10.2 Å². The predicted octanol–water partition coefficient (Wildman–Crippen LogP) is 0.688. The molecule has 0 saturated carbocycles. The second-order valence-electron chi connectivity index (χ2n) is 5.57. The van der Waals surface area contributed by atoms with Crippen molar-refractivity contribution in [1.29, 1.82) is 0 Å². The van der Waals surface area contributed by atoms with Crippen molar-refractivity contribution in [2.75, 3.05) is 33.0 Å². The second-order valence-corrected chi connectivity index (χ2v) is 6.61. The van der Waals surface area contributed by atoms with Crippen LogP contribution < -0.4 is 11.1 Å². The molecule has 7 nitrogen and oxygen atoms in total. The van der Waals surface area contributed by atoms with Crippen LogP contribution in [0.5, 0.6) is 0 Å². The predicted molar refractivity (Wildman–Crippen MR) is 89.2 cm³/mol. The summed E-state index contributed by atoms with van der Waals surface area (Å²) >= 11 is 1.74. The van der Waals surface area contributed by atoms with Crippen LogP contribution in [-0.2, 0) is 9.53 Å². The van der Waals surface area contributed by atoms with Gasteiger partial charge in [-0.25, -0.2) is 9.59 Å². The average molecular weight is 330 g/mol. The van der Waals surface area contributed by atoms with Gasteiger partial charge in [-0.2, -0.15) is 0 Å². The third-order valence-corrected chi connectivity index (χ3v) is 4.72. The molecule has 0 radical (unpaired) electrons. The van der Waals surface area contributed by atoms with E-state index in [0.29, 0.717) is 25.4 Å². The molecule has 1 unspecified atom stereocenters. The van der Waals surface area contributed by atoms with Crippen molar-refractivity contribution in [3.8, 4) is 0 Å². The minimum Gasteiger partial charge on any atom is -0.467 e. The molecule has 0 aliphatic carbocycles. The summed E-state index contributed by atoms with van der Waals surface area (Å²) in [4.78, 5) is 29.9. The number of rotatable bonds is 7. The zero-order valence-electron chi connectivity index (χ0n) is 13.7.